The van der Waals surface area contributed by atoms with Gasteiger partial charge in [-0.25, -0.2) is 14.4 Å². The van der Waals surface area contributed by atoms with Gasteiger partial charge in [-0.05, 0) is 44.0 Å². The van der Waals surface area contributed by atoms with Crippen molar-refractivity contribution in [1.29, 1.82) is 0 Å². The first kappa shape index (κ1) is 25.3. The summed E-state index contributed by atoms with van der Waals surface area (Å²) < 4.78 is 16.3. The highest BCUT2D eigenvalue weighted by atomic mass is 16.6. The fraction of sp³-hybridized carbons (Fsp3) is 0.222. The fourth-order valence-electron chi connectivity index (χ4n) is 2.98. The second-order valence-electron chi connectivity index (χ2n) is 8.52. The predicted molar refractivity (Wildman–Crippen MR) is 130 cm³/mol. The number of anilines is 1. The fourth-order valence-corrected chi connectivity index (χ4v) is 2.98. The van der Waals surface area contributed by atoms with Crippen LogP contribution >= 0.6 is 0 Å². The van der Waals surface area contributed by atoms with Crippen molar-refractivity contribution in [2.75, 3.05) is 5.01 Å². The molecule has 0 aromatic heterocycles. The lowest BCUT2D eigenvalue weighted by atomic mass is 10.2. The molecule has 3 amide bonds. The Balaban J connectivity index is 1.92. The third-order valence-electron chi connectivity index (χ3n) is 4.52. The van der Waals surface area contributed by atoms with Gasteiger partial charge in [-0.2, -0.15) is 5.01 Å². The molecule has 0 aliphatic rings. The van der Waals surface area contributed by atoms with Gasteiger partial charge in [0.2, 0.25) is 0 Å². The lowest BCUT2D eigenvalue weighted by Gasteiger charge is -2.33. The highest BCUT2D eigenvalue weighted by Crippen LogP contribution is 2.22. The molecular formula is C27H28N2O6. The van der Waals surface area contributed by atoms with Crippen LogP contribution in [0.3, 0.4) is 0 Å². The summed E-state index contributed by atoms with van der Waals surface area (Å²) in [5.74, 6) is 0. The summed E-state index contributed by atoms with van der Waals surface area (Å²) in [7, 11) is 0. The number of carbonyl (C=O) groups is 3. The van der Waals surface area contributed by atoms with Crippen molar-refractivity contribution in [2.24, 2.45) is 0 Å². The van der Waals surface area contributed by atoms with E-state index in [9.17, 15) is 14.4 Å². The molecule has 0 aliphatic carbocycles. The predicted octanol–water partition coefficient (Wildman–Crippen LogP) is 6.32. The molecule has 0 spiro atoms. The molecule has 3 aromatic rings. The molecule has 0 saturated carbocycles. The molecule has 8 heteroatoms. The number of amides is 3. The van der Waals surface area contributed by atoms with Crippen molar-refractivity contribution in [3.63, 3.8) is 0 Å². The lowest BCUT2D eigenvalue weighted by Crippen LogP contribution is -2.54. The van der Waals surface area contributed by atoms with Crippen LogP contribution in [0, 0.1) is 0 Å². The van der Waals surface area contributed by atoms with E-state index in [2.05, 4.69) is 0 Å². The number of carbonyl (C=O) groups excluding carboxylic acids is 3. The first-order valence-electron chi connectivity index (χ1n) is 11.0. The van der Waals surface area contributed by atoms with Crippen LogP contribution < -0.4 is 5.01 Å². The molecule has 3 rings (SSSR count). The highest BCUT2D eigenvalue weighted by Gasteiger charge is 2.38. The van der Waals surface area contributed by atoms with Gasteiger partial charge < -0.3 is 14.2 Å². The topological polar surface area (TPSA) is 85.4 Å². The average Bonchev–Trinajstić information content (AvgIpc) is 2.85. The zero-order valence-corrected chi connectivity index (χ0v) is 19.9. The smallest absolute Gasteiger partial charge is 0.439 e. The highest BCUT2D eigenvalue weighted by molar-refractivity contribution is 5.99. The quantitative estimate of drug-likeness (QED) is 0.316. The van der Waals surface area contributed by atoms with Gasteiger partial charge in [-0.15, -0.1) is 5.01 Å². The molecule has 0 bridgehead atoms. The second kappa shape index (κ2) is 11.7. The molecule has 0 atom stereocenters. The van der Waals surface area contributed by atoms with Crippen molar-refractivity contribution in [2.45, 2.75) is 39.6 Å². The van der Waals surface area contributed by atoms with E-state index in [1.165, 1.54) is 0 Å². The first-order chi connectivity index (χ1) is 16.7. The summed E-state index contributed by atoms with van der Waals surface area (Å²) in [5, 5.41) is 1.32. The molecule has 0 saturated heterocycles. The molecular weight excluding hydrogens is 448 g/mol. The molecule has 0 fully saturated rings. The normalized spacial score (nSPS) is 10.7. The van der Waals surface area contributed by atoms with Crippen molar-refractivity contribution >= 4 is 24.0 Å². The number of hydrogen-bond donors (Lipinski definition) is 0. The van der Waals surface area contributed by atoms with Gasteiger partial charge in [0.25, 0.3) is 0 Å². The molecule has 8 nitrogen and oxygen atoms in total. The van der Waals surface area contributed by atoms with Gasteiger partial charge in [-0.3, -0.25) is 0 Å². The third-order valence-corrected chi connectivity index (χ3v) is 4.52. The number of benzene rings is 3. The zero-order chi connectivity index (χ0) is 25.3. The van der Waals surface area contributed by atoms with E-state index in [0.717, 1.165) is 5.01 Å². The minimum Gasteiger partial charge on any atom is -0.443 e. The Morgan fingerprint density at radius 3 is 1.43 bits per heavy atom. The largest absolute Gasteiger partial charge is 0.443 e. The Morgan fingerprint density at radius 1 is 0.629 bits per heavy atom. The number of ether oxygens (including phenoxy) is 3. The van der Waals surface area contributed by atoms with Crippen LogP contribution in [0.4, 0.5) is 20.1 Å². The van der Waals surface area contributed by atoms with Crippen LogP contribution in [0.1, 0.15) is 31.9 Å². The Labute approximate surface area is 204 Å². The van der Waals surface area contributed by atoms with E-state index in [1.807, 2.05) is 12.1 Å². The van der Waals surface area contributed by atoms with E-state index in [-0.39, 0.29) is 18.9 Å². The minimum atomic E-state index is -1.10. The summed E-state index contributed by atoms with van der Waals surface area (Å²) in [5.41, 5.74) is 0.747. The molecule has 0 radical (unpaired) electrons. The summed E-state index contributed by atoms with van der Waals surface area (Å²) in [4.78, 5) is 39.6. The third kappa shape index (κ3) is 7.60. The Hall–Kier alpha value is -4.33. The second-order valence-corrected chi connectivity index (χ2v) is 8.52. The van der Waals surface area contributed by atoms with E-state index in [0.29, 0.717) is 16.1 Å². The standard InChI is InChI=1S/C27H28N2O6/c1-27(2,3)35-26(32)28(23-17-11-6-12-18-23)29(24(30)33-19-21-13-7-4-8-14-21)25(31)34-20-22-15-9-5-10-16-22/h4-18H,19-20H2,1-3H3. The molecule has 3 aromatic carbocycles. The van der Waals surface area contributed by atoms with E-state index in [1.54, 1.807) is 99.6 Å². The number of nitrogens with zero attached hydrogens (tertiary/aromatic N) is 2. The summed E-state index contributed by atoms with van der Waals surface area (Å²) in [6, 6.07) is 26.1. The molecule has 0 N–H and O–H groups in total. The van der Waals surface area contributed by atoms with E-state index < -0.39 is 23.9 Å². The Kier molecular flexibility index (Phi) is 8.45. The minimum absolute atomic E-state index is 0.112. The van der Waals surface area contributed by atoms with E-state index in [4.69, 9.17) is 14.2 Å². The van der Waals surface area contributed by atoms with Gasteiger partial charge in [0.05, 0.1) is 5.69 Å². The summed E-state index contributed by atoms with van der Waals surface area (Å²) in [6.07, 6.45) is -3.14. The molecule has 0 aliphatic heterocycles. The van der Waals surface area contributed by atoms with Crippen LogP contribution in [0.5, 0.6) is 0 Å². The van der Waals surface area contributed by atoms with Crippen LogP contribution in [-0.2, 0) is 27.4 Å². The zero-order valence-electron chi connectivity index (χ0n) is 19.9. The van der Waals surface area contributed by atoms with Gasteiger partial charge in [0.1, 0.15) is 18.8 Å². The summed E-state index contributed by atoms with van der Waals surface area (Å²) >= 11 is 0. The SMILES string of the molecule is CC(C)(C)OC(=O)N(c1ccccc1)N(C(=O)OCc1ccccc1)C(=O)OCc1ccccc1. The van der Waals surface area contributed by atoms with Crippen LogP contribution in [-0.4, -0.2) is 28.9 Å². The maximum absolute atomic E-state index is 13.2. The van der Waals surface area contributed by atoms with Gasteiger partial charge in [-0.1, -0.05) is 78.9 Å². The molecule has 182 valence electrons. The van der Waals surface area contributed by atoms with Gasteiger partial charge in [0, 0.05) is 0 Å². The van der Waals surface area contributed by atoms with Crippen molar-refractivity contribution < 1.29 is 28.6 Å². The van der Waals surface area contributed by atoms with Gasteiger partial charge >= 0.3 is 18.3 Å². The number of para-hydroxylation sites is 1. The van der Waals surface area contributed by atoms with Crippen LogP contribution in [0.25, 0.3) is 0 Å². The van der Waals surface area contributed by atoms with Crippen LogP contribution in [0.15, 0.2) is 91.0 Å². The lowest BCUT2D eigenvalue weighted by molar-refractivity contribution is 0.0351. The van der Waals surface area contributed by atoms with Crippen molar-refractivity contribution in [3.8, 4) is 0 Å². The summed E-state index contributed by atoms with van der Waals surface area (Å²) in [6.45, 7) is 4.82. The number of imide groups is 1. The first-order valence-corrected chi connectivity index (χ1v) is 11.0. The van der Waals surface area contributed by atoms with Gasteiger partial charge in [0.15, 0.2) is 0 Å². The Bertz CT molecular complexity index is 1060. The average molecular weight is 477 g/mol. The number of rotatable bonds is 5. The van der Waals surface area contributed by atoms with Crippen molar-refractivity contribution in [1.82, 2.24) is 5.01 Å². The van der Waals surface area contributed by atoms with E-state index >= 15 is 0 Å². The molecule has 35 heavy (non-hydrogen) atoms. The number of hydrogen-bond acceptors (Lipinski definition) is 6. The van der Waals surface area contributed by atoms with Crippen LogP contribution in [0.2, 0.25) is 0 Å². The molecule has 0 unspecified atom stereocenters. The van der Waals surface area contributed by atoms with Crippen molar-refractivity contribution in [3.05, 3.63) is 102 Å². The maximum atomic E-state index is 13.2. The molecule has 0 heterocycles. The monoisotopic (exact) mass is 476 g/mol. The Morgan fingerprint density at radius 2 is 1.03 bits per heavy atom. The number of hydrazine groups is 1. The maximum Gasteiger partial charge on any atom is 0.439 e.